The van der Waals surface area contributed by atoms with Gasteiger partial charge in [-0.1, -0.05) is 34.1 Å². The molecule has 0 fully saturated rings. The smallest absolute Gasteiger partial charge is 0.338 e. The highest BCUT2D eigenvalue weighted by Crippen LogP contribution is 2.19. The van der Waals surface area contributed by atoms with Crippen molar-refractivity contribution in [1.29, 1.82) is 0 Å². The average molecular weight is 320 g/mol. The van der Waals surface area contributed by atoms with Gasteiger partial charge in [-0.05, 0) is 11.1 Å². The number of ether oxygens (including phenoxy) is 1. The van der Waals surface area contributed by atoms with Gasteiger partial charge in [0, 0.05) is 12.3 Å². The molecule has 3 nitrogen and oxygen atoms in total. The lowest BCUT2D eigenvalue weighted by Gasteiger charge is -2.10. The molecule has 0 aliphatic carbocycles. The molecule has 0 heterocycles. The minimum atomic E-state index is -0.460. The number of carbonyl (C=O) groups is 2. The Balaban J connectivity index is 3.19. The number of halogens is 2. The Morgan fingerprint density at radius 2 is 2.00 bits per heavy atom. The van der Waals surface area contributed by atoms with Gasteiger partial charge in [0.05, 0.1) is 18.0 Å². The highest BCUT2D eigenvalue weighted by molar-refractivity contribution is 9.09. The lowest BCUT2D eigenvalue weighted by Crippen LogP contribution is -2.13. The zero-order chi connectivity index (χ0) is 12.8. The highest BCUT2D eigenvalue weighted by atomic mass is 79.9. The number of rotatable bonds is 5. The standard InChI is InChI=1S/C12H12BrClO3/c1-17-12(16)11-8(5-10(15)6-13)3-2-4-9(11)7-14/h2-4H,5-7H2,1H3. The molecule has 0 N–H and O–H groups in total. The fourth-order valence-electron chi connectivity index (χ4n) is 1.54. The predicted octanol–water partition coefficient (Wildman–Crippen LogP) is 2.72. The van der Waals surface area contributed by atoms with Gasteiger partial charge in [0.2, 0.25) is 0 Å². The summed E-state index contributed by atoms with van der Waals surface area (Å²) in [5.41, 5.74) is 1.73. The fraction of sp³-hybridized carbons (Fsp3) is 0.333. The Bertz CT molecular complexity index is 432. The number of ketones is 1. The van der Waals surface area contributed by atoms with Gasteiger partial charge in [0.25, 0.3) is 0 Å². The van der Waals surface area contributed by atoms with Crippen LogP contribution in [0.5, 0.6) is 0 Å². The maximum absolute atomic E-state index is 11.7. The molecule has 1 aromatic rings. The minimum absolute atomic E-state index is 0.00174. The summed E-state index contributed by atoms with van der Waals surface area (Å²) in [5, 5.41) is 0.263. The van der Waals surface area contributed by atoms with Crippen LogP contribution in [0.25, 0.3) is 0 Å². The first-order valence-electron chi connectivity index (χ1n) is 4.96. The van der Waals surface area contributed by atoms with E-state index in [-0.39, 0.29) is 23.4 Å². The van der Waals surface area contributed by atoms with Gasteiger partial charge < -0.3 is 4.74 Å². The monoisotopic (exact) mass is 318 g/mol. The SMILES string of the molecule is COC(=O)c1c(CCl)cccc1CC(=O)CBr. The van der Waals surface area contributed by atoms with Gasteiger partial charge in [0.15, 0.2) is 0 Å². The van der Waals surface area contributed by atoms with Gasteiger partial charge in [-0.25, -0.2) is 4.79 Å². The van der Waals surface area contributed by atoms with Crippen LogP contribution in [0.3, 0.4) is 0 Å². The van der Waals surface area contributed by atoms with Crippen LogP contribution in [0.4, 0.5) is 0 Å². The van der Waals surface area contributed by atoms with Crippen LogP contribution in [-0.2, 0) is 21.8 Å². The van der Waals surface area contributed by atoms with Gasteiger partial charge >= 0.3 is 5.97 Å². The first-order valence-corrected chi connectivity index (χ1v) is 6.62. The Hall–Kier alpha value is -0.870. The van der Waals surface area contributed by atoms with Crippen LogP contribution < -0.4 is 0 Å². The number of hydrogen-bond donors (Lipinski definition) is 0. The maximum atomic E-state index is 11.7. The largest absolute Gasteiger partial charge is 0.465 e. The van der Waals surface area contributed by atoms with Crippen molar-refractivity contribution in [3.8, 4) is 0 Å². The lowest BCUT2D eigenvalue weighted by molar-refractivity contribution is -0.115. The van der Waals surface area contributed by atoms with Crippen LogP contribution in [-0.4, -0.2) is 24.2 Å². The molecule has 17 heavy (non-hydrogen) atoms. The molecule has 0 unspecified atom stereocenters. The molecule has 0 aromatic heterocycles. The van der Waals surface area contributed by atoms with Crippen LogP contribution in [0, 0.1) is 0 Å². The van der Waals surface area contributed by atoms with E-state index in [1.54, 1.807) is 18.2 Å². The second kappa shape index (κ2) is 6.77. The third kappa shape index (κ3) is 3.54. The number of carbonyl (C=O) groups excluding carboxylic acids is 2. The van der Waals surface area contributed by atoms with E-state index in [1.165, 1.54) is 7.11 Å². The zero-order valence-corrected chi connectivity index (χ0v) is 11.7. The zero-order valence-electron chi connectivity index (χ0n) is 9.33. The van der Waals surface area contributed by atoms with E-state index in [9.17, 15) is 9.59 Å². The van der Waals surface area contributed by atoms with Crippen LogP contribution in [0.15, 0.2) is 18.2 Å². The van der Waals surface area contributed by atoms with E-state index in [0.29, 0.717) is 16.7 Å². The second-order valence-electron chi connectivity index (χ2n) is 3.43. The number of methoxy groups -OCH3 is 1. The van der Waals surface area contributed by atoms with E-state index >= 15 is 0 Å². The number of Topliss-reactive ketones (excluding diaryl/α,β-unsaturated/α-hetero) is 1. The van der Waals surface area contributed by atoms with E-state index < -0.39 is 5.97 Å². The van der Waals surface area contributed by atoms with E-state index in [2.05, 4.69) is 15.9 Å². The van der Waals surface area contributed by atoms with Crippen molar-refractivity contribution >= 4 is 39.3 Å². The van der Waals surface area contributed by atoms with Crippen LogP contribution >= 0.6 is 27.5 Å². The summed E-state index contributed by atoms with van der Waals surface area (Å²) in [6.45, 7) is 0. The summed E-state index contributed by atoms with van der Waals surface area (Å²) in [6, 6.07) is 5.27. The molecular formula is C12H12BrClO3. The van der Waals surface area contributed by atoms with Crippen LogP contribution in [0.1, 0.15) is 21.5 Å². The number of hydrogen-bond acceptors (Lipinski definition) is 3. The third-order valence-corrected chi connectivity index (χ3v) is 3.22. The summed E-state index contributed by atoms with van der Waals surface area (Å²) in [7, 11) is 1.31. The Morgan fingerprint density at radius 1 is 1.35 bits per heavy atom. The number of benzene rings is 1. The molecule has 92 valence electrons. The second-order valence-corrected chi connectivity index (χ2v) is 4.25. The molecule has 0 saturated heterocycles. The molecule has 1 rings (SSSR count). The molecule has 0 spiro atoms. The predicted molar refractivity (Wildman–Crippen MR) is 69.8 cm³/mol. The number of alkyl halides is 2. The normalized spacial score (nSPS) is 10.1. The molecule has 1 aromatic carbocycles. The molecule has 5 heteroatoms. The molecule has 0 aliphatic heterocycles. The highest BCUT2D eigenvalue weighted by Gasteiger charge is 2.17. The van der Waals surface area contributed by atoms with E-state index in [1.807, 2.05) is 0 Å². The summed E-state index contributed by atoms with van der Waals surface area (Å²) >= 11 is 8.87. The first kappa shape index (κ1) is 14.2. The summed E-state index contributed by atoms with van der Waals surface area (Å²) in [4.78, 5) is 23.1. The van der Waals surface area contributed by atoms with Crippen molar-refractivity contribution in [3.05, 3.63) is 34.9 Å². The third-order valence-electron chi connectivity index (χ3n) is 2.31. The Kier molecular flexibility index (Phi) is 5.65. The molecule has 0 saturated carbocycles. The Labute approximate surface area is 113 Å². The van der Waals surface area contributed by atoms with Gasteiger partial charge in [-0.15, -0.1) is 11.6 Å². The topological polar surface area (TPSA) is 43.4 Å². The van der Waals surface area contributed by atoms with Crippen LogP contribution in [0.2, 0.25) is 0 Å². The van der Waals surface area contributed by atoms with Crippen molar-refractivity contribution in [2.45, 2.75) is 12.3 Å². The number of esters is 1. The summed E-state index contributed by atoms with van der Waals surface area (Å²) < 4.78 is 4.71. The fourth-order valence-corrected chi connectivity index (χ4v) is 1.96. The van der Waals surface area contributed by atoms with Gasteiger partial charge in [0.1, 0.15) is 5.78 Å². The minimum Gasteiger partial charge on any atom is -0.465 e. The van der Waals surface area contributed by atoms with Crippen molar-refractivity contribution in [2.75, 3.05) is 12.4 Å². The average Bonchev–Trinajstić information content (AvgIpc) is 2.37. The molecule has 0 radical (unpaired) electrons. The molecule has 0 amide bonds. The maximum Gasteiger partial charge on any atom is 0.338 e. The molecule has 0 atom stereocenters. The summed E-state index contributed by atoms with van der Waals surface area (Å²) in [6.07, 6.45) is 0.195. The Morgan fingerprint density at radius 3 is 2.53 bits per heavy atom. The lowest BCUT2D eigenvalue weighted by atomic mass is 9.98. The molecular weight excluding hydrogens is 307 g/mol. The molecule has 0 aliphatic rings. The van der Waals surface area contributed by atoms with E-state index in [4.69, 9.17) is 16.3 Å². The first-order chi connectivity index (χ1) is 8.13. The van der Waals surface area contributed by atoms with Crippen molar-refractivity contribution < 1.29 is 14.3 Å². The van der Waals surface area contributed by atoms with Crippen molar-refractivity contribution in [2.24, 2.45) is 0 Å². The summed E-state index contributed by atoms with van der Waals surface area (Å²) in [5.74, 6) is -0.249. The van der Waals surface area contributed by atoms with Crippen molar-refractivity contribution in [3.63, 3.8) is 0 Å². The van der Waals surface area contributed by atoms with Crippen molar-refractivity contribution in [1.82, 2.24) is 0 Å². The molecule has 0 bridgehead atoms. The van der Waals surface area contributed by atoms with Gasteiger partial charge in [-0.2, -0.15) is 0 Å². The van der Waals surface area contributed by atoms with Gasteiger partial charge in [-0.3, -0.25) is 4.79 Å². The quantitative estimate of drug-likeness (QED) is 0.619. The van der Waals surface area contributed by atoms with E-state index in [0.717, 1.165) is 0 Å².